The number of aromatic nitrogens is 1. The Morgan fingerprint density at radius 3 is 2.62 bits per heavy atom. The van der Waals surface area contributed by atoms with Crippen LogP contribution in [0.1, 0.15) is 64.7 Å². The molecule has 3 heterocycles. The number of sulfonamides is 1. The smallest absolute Gasteiger partial charge is 0.274 e. The van der Waals surface area contributed by atoms with Crippen LogP contribution < -0.4 is 20.1 Å². The zero-order chi connectivity index (χ0) is 36.1. The van der Waals surface area contributed by atoms with Gasteiger partial charge in [-0.1, -0.05) is 78.8 Å². The molecule has 3 fully saturated rings. The fourth-order valence-electron chi connectivity index (χ4n) is 7.47. The van der Waals surface area contributed by atoms with Crippen LogP contribution in [0.25, 0.3) is 21.0 Å². The highest BCUT2D eigenvalue weighted by Crippen LogP contribution is 2.47. The number of anilines is 1. The van der Waals surface area contributed by atoms with Gasteiger partial charge in [0.05, 0.1) is 21.5 Å². The largest absolute Gasteiger partial charge is 0.465 e. The van der Waals surface area contributed by atoms with Crippen molar-refractivity contribution < 1.29 is 27.5 Å². The van der Waals surface area contributed by atoms with E-state index in [0.717, 1.165) is 52.4 Å². The van der Waals surface area contributed by atoms with Crippen LogP contribution in [0.2, 0.25) is 0 Å². The fraction of sp³-hybridized carbons (Fsp3) is 0.436. The summed E-state index contributed by atoms with van der Waals surface area (Å²) in [6.45, 7) is 1.77. The second-order valence-corrected chi connectivity index (χ2v) is 18.1. The minimum atomic E-state index is -3.94. The number of rotatable bonds is 7. The van der Waals surface area contributed by atoms with E-state index in [-0.39, 0.29) is 31.2 Å². The molecule has 0 unspecified atom stereocenters. The maximum Gasteiger partial charge on any atom is 0.274 e. The molecular weight excluding hydrogens is 699 g/mol. The minimum absolute atomic E-state index is 0.151. The van der Waals surface area contributed by atoms with E-state index in [2.05, 4.69) is 20.3 Å². The molecule has 3 aromatic carbocycles. The van der Waals surface area contributed by atoms with Crippen LogP contribution in [0.4, 0.5) is 5.69 Å². The number of carbonyl (C=O) groups excluding carboxylic acids is 3. The first-order valence-electron chi connectivity index (χ1n) is 18.2. The quantitative estimate of drug-likeness (QED) is 0.206. The van der Waals surface area contributed by atoms with E-state index in [1.807, 2.05) is 78.9 Å². The average molecular weight is 742 g/mol. The van der Waals surface area contributed by atoms with Gasteiger partial charge in [-0.05, 0) is 80.5 Å². The highest BCUT2D eigenvalue weighted by atomic mass is 32.2. The van der Waals surface area contributed by atoms with E-state index < -0.39 is 50.3 Å². The summed E-state index contributed by atoms with van der Waals surface area (Å²) in [6, 6.07) is 20.2. The number of nitrogens with zero attached hydrogens (tertiary/aromatic N) is 2. The number of thiazole rings is 1. The number of hydrogen-bond donors (Lipinski definition) is 3. The summed E-state index contributed by atoms with van der Waals surface area (Å²) in [7, 11) is -3.94. The maximum atomic E-state index is 14.7. The van der Waals surface area contributed by atoms with Crippen molar-refractivity contribution in [1.29, 1.82) is 0 Å². The molecule has 13 heteroatoms. The number of fused-ring (bicyclic) bond motifs is 4. The van der Waals surface area contributed by atoms with Gasteiger partial charge >= 0.3 is 0 Å². The SMILES string of the molecule is CC1(S(=O)(=O)NC(=O)[C@@]23C[C@H]2/C=C\CCCCC[C@H](Nc2ccc4ccccc4c2)C(=O)N2C[C@H](Oc4nc5ccccc5s4)C[C@H]2C(=O)N3)CC1. The van der Waals surface area contributed by atoms with Gasteiger partial charge in [-0.25, -0.2) is 13.4 Å². The second-order valence-electron chi connectivity index (χ2n) is 14.9. The summed E-state index contributed by atoms with van der Waals surface area (Å²) < 4.78 is 34.9. The molecule has 3 N–H and O–H groups in total. The Kier molecular flexibility index (Phi) is 8.97. The Labute approximate surface area is 307 Å². The molecule has 1 aromatic heterocycles. The lowest BCUT2D eigenvalue weighted by Crippen LogP contribution is -2.58. The summed E-state index contributed by atoms with van der Waals surface area (Å²) in [5, 5.41) is 9.05. The van der Waals surface area contributed by atoms with Gasteiger partial charge < -0.3 is 20.3 Å². The maximum absolute atomic E-state index is 14.7. The van der Waals surface area contributed by atoms with Crippen LogP contribution in [-0.2, 0) is 24.4 Å². The lowest BCUT2D eigenvalue weighted by atomic mass is 10.0. The monoisotopic (exact) mass is 741 g/mol. The summed E-state index contributed by atoms with van der Waals surface area (Å²) in [4.78, 5) is 49.1. The number of carbonyl (C=O) groups is 3. The molecule has 8 rings (SSSR count). The topological polar surface area (TPSA) is 147 Å². The van der Waals surface area contributed by atoms with E-state index in [4.69, 9.17) is 4.74 Å². The van der Waals surface area contributed by atoms with Crippen LogP contribution in [0.3, 0.4) is 0 Å². The van der Waals surface area contributed by atoms with Crippen molar-refractivity contribution in [2.75, 3.05) is 11.9 Å². The zero-order valence-electron chi connectivity index (χ0n) is 29.0. The van der Waals surface area contributed by atoms with Gasteiger partial charge in [-0.3, -0.25) is 19.1 Å². The first kappa shape index (κ1) is 34.6. The molecule has 4 aliphatic rings. The minimum Gasteiger partial charge on any atom is -0.465 e. The molecule has 11 nitrogen and oxygen atoms in total. The third kappa shape index (κ3) is 6.76. The Morgan fingerprint density at radius 1 is 1.02 bits per heavy atom. The van der Waals surface area contributed by atoms with Crippen LogP contribution >= 0.6 is 11.3 Å². The highest BCUT2D eigenvalue weighted by Gasteiger charge is 2.63. The number of allylic oxidation sites excluding steroid dienone is 1. The lowest BCUT2D eigenvalue weighted by Gasteiger charge is -2.30. The third-order valence-electron chi connectivity index (χ3n) is 11.1. The molecular formula is C39H43N5O6S2. The van der Waals surface area contributed by atoms with Gasteiger partial charge in [0, 0.05) is 18.0 Å². The molecule has 0 spiro atoms. The van der Waals surface area contributed by atoms with E-state index in [0.29, 0.717) is 24.5 Å². The first-order chi connectivity index (χ1) is 25.0. The van der Waals surface area contributed by atoms with E-state index in [9.17, 15) is 22.8 Å². The Morgan fingerprint density at radius 2 is 1.81 bits per heavy atom. The van der Waals surface area contributed by atoms with Crippen molar-refractivity contribution in [2.24, 2.45) is 5.92 Å². The van der Waals surface area contributed by atoms with Crippen LogP contribution in [0, 0.1) is 5.92 Å². The summed E-state index contributed by atoms with van der Waals surface area (Å²) >= 11 is 1.40. The molecule has 0 bridgehead atoms. The van der Waals surface area contributed by atoms with Gasteiger partial charge in [0.2, 0.25) is 21.8 Å². The van der Waals surface area contributed by atoms with Gasteiger partial charge in [0.15, 0.2) is 0 Å². The molecule has 4 aromatic rings. The molecule has 5 atom stereocenters. The summed E-state index contributed by atoms with van der Waals surface area (Å²) in [5.74, 6) is -1.84. The summed E-state index contributed by atoms with van der Waals surface area (Å²) in [5.41, 5.74) is 0.178. The van der Waals surface area contributed by atoms with Gasteiger partial charge in [0.1, 0.15) is 23.7 Å². The molecule has 3 amide bonds. The Balaban J connectivity index is 1.10. The molecule has 0 radical (unpaired) electrons. The van der Waals surface area contributed by atoms with E-state index in [1.165, 1.54) is 11.3 Å². The third-order valence-corrected chi connectivity index (χ3v) is 14.2. The number of hydrogen-bond acceptors (Lipinski definition) is 9. The molecule has 1 saturated heterocycles. The number of para-hydroxylation sites is 1. The molecule has 52 heavy (non-hydrogen) atoms. The zero-order valence-corrected chi connectivity index (χ0v) is 30.7. The van der Waals surface area contributed by atoms with Crippen molar-refractivity contribution in [3.05, 3.63) is 78.9 Å². The van der Waals surface area contributed by atoms with Crippen LogP contribution in [0.5, 0.6) is 5.19 Å². The number of benzene rings is 3. The van der Waals surface area contributed by atoms with E-state index in [1.54, 1.807) is 11.8 Å². The van der Waals surface area contributed by atoms with Crippen molar-refractivity contribution in [3.63, 3.8) is 0 Å². The highest BCUT2D eigenvalue weighted by molar-refractivity contribution is 7.91. The Bertz CT molecular complexity index is 2150. The predicted octanol–water partition coefficient (Wildman–Crippen LogP) is 5.67. The number of amides is 3. The van der Waals surface area contributed by atoms with Crippen LogP contribution in [-0.4, -0.2) is 71.0 Å². The second kappa shape index (κ2) is 13.5. The Hall–Kier alpha value is -4.49. The molecule has 272 valence electrons. The predicted molar refractivity (Wildman–Crippen MR) is 201 cm³/mol. The standard InChI is InChI=1S/C39H43N5O6S2/c1-38(19-20-38)52(48,49)43-36(47)39-23-27(39)13-5-3-2-4-6-15-31(40-28-18-17-25-11-7-8-12-26(25)21-28)35(46)44-24-29(22-32(44)34(45)42-39)50-37-41-30-14-9-10-16-33(30)51-37/h5,7-14,16-18,21,27,29,31-32,40H,2-4,6,15,19-20,22-24H2,1H3,(H,42,45)(H,43,47)/b13-5-/t27-,29-,31+,32+,39-/m1/s1. The molecule has 2 saturated carbocycles. The fourth-order valence-corrected chi connectivity index (χ4v) is 9.66. The van der Waals surface area contributed by atoms with Crippen LogP contribution in [0.15, 0.2) is 78.9 Å². The average Bonchev–Trinajstić information content (AvgIpc) is 3.94. The molecule has 2 aliphatic carbocycles. The van der Waals surface area contributed by atoms with Crippen molar-refractivity contribution >= 4 is 65.8 Å². The van der Waals surface area contributed by atoms with Gasteiger partial charge in [0.25, 0.3) is 11.1 Å². The first-order valence-corrected chi connectivity index (χ1v) is 20.5. The summed E-state index contributed by atoms with van der Waals surface area (Å²) in [6.07, 6.45) is 8.73. The van der Waals surface area contributed by atoms with Crippen molar-refractivity contribution in [2.45, 2.75) is 93.2 Å². The van der Waals surface area contributed by atoms with Crippen molar-refractivity contribution in [1.82, 2.24) is 19.9 Å². The van der Waals surface area contributed by atoms with Crippen molar-refractivity contribution in [3.8, 4) is 5.19 Å². The number of ether oxygens (including phenoxy) is 1. The normalized spacial score (nSPS) is 28.1. The lowest BCUT2D eigenvalue weighted by molar-refractivity contribution is -0.140. The molecule has 2 aliphatic heterocycles. The van der Waals surface area contributed by atoms with E-state index >= 15 is 0 Å². The number of nitrogens with one attached hydrogen (secondary N) is 3. The van der Waals surface area contributed by atoms with Gasteiger partial charge in [-0.15, -0.1) is 0 Å². The van der Waals surface area contributed by atoms with Gasteiger partial charge in [-0.2, -0.15) is 0 Å².